The van der Waals surface area contributed by atoms with Crippen LogP contribution in [0.5, 0.6) is 0 Å². The van der Waals surface area contributed by atoms with Crippen molar-refractivity contribution in [2.75, 3.05) is 11.4 Å². The molecule has 0 N–H and O–H groups in total. The molecule has 0 aliphatic carbocycles. The van der Waals surface area contributed by atoms with E-state index in [0.717, 1.165) is 18.5 Å². The summed E-state index contributed by atoms with van der Waals surface area (Å²) in [6.45, 7) is 14.6. The monoisotopic (exact) mass is 372 g/mol. The van der Waals surface area contributed by atoms with E-state index >= 15 is 0 Å². The number of aryl methyl sites for hydroxylation is 4. The van der Waals surface area contributed by atoms with E-state index in [0.29, 0.717) is 6.04 Å². The van der Waals surface area contributed by atoms with E-state index in [9.17, 15) is 0 Å². The lowest BCUT2D eigenvalue weighted by Crippen LogP contribution is -2.32. The maximum absolute atomic E-state index is 5.15. The zero-order chi connectivity index (χ0) is 20.0. The summed E-state index contributed by atoms with van der Waals surface area (Å²) in [5.74, 6) is 0. The molecule has 2 aromatic carbocycles. The molecule has 0 saturated heterocycles. The molecule has 146 valence electrons. The maximum atomic E-state index is 5.15. The van der Waals surface area contributed by atoms with Crippen LogP contribution in [0.4, 0.5) is 5.69 Å². The number of rotatable bonds is 4. The highest BCUT2D eigenvalue weighted by atomic mass is 15.2. The Labute approximate surface area is 169 Å². The summed E-state index contributed by atoms with van der Waals surface area (Å²) < 4.78 is 0. The molecule has 0 saturated carbocycles. The lowest BCUT2D eigenvalue weighted by atomic mass is 9.91. The fraction of sp³-hybridized carbons (Fsp3) is 0.423. The molecule has 1 aromatic heterocycles. The van der Waals surface area contributed by atoms with E-state index in [4.69, 9.17) is 4.98 Å². The van der Waals surface area contributed by atoms with Crippen molar-refractivity contribution >= 4 is 16.6 Å². The van der Waals surface area contributed by atoms with Crippen LogP contribution in [-0.4, -0.2) is 17.6 Å². The van der Waals surface area contributed by atoms with Gasteiger partial charge in [0.15, 0.2) is 0 Å². The highest BCUT2D eigenvalue weighted by Gasteiger charge is 2.29. The van der Waals surface area contributed by atoms with E-state index in [1.807, 2.05) is 0 Å². The van der Waals surface area contributed by atoms with Gasteiger partial charge in [-0.2, -0.15) is 0 Å². The van der Waals surface area contributed by atoms with Crippen LogP contribution in [0.3, 0.4) is 0 Å². The molecule has 0 radical (unpaired) electrons. The van der Waals surface area contributed by atoms with Crippen molar-refractivity contribution in [2.45, 2.75) is 66.8 Å². The normalized spacial score (nSPS) is 13.6. The SMILES string of the molecule is CCC(CC)N1CCc2c(C)nc3c(-c4c(C)cc(C)cc4C)cccc3c21. The first kappa shape index (κ1) is 19.0. The number of hydrogen-bond acceptors (Lipinski definition) is 2. The highest BCUT2D eigenvalue weighted by Crippen LogP contribution is 2.42. The average molecular weight is 373 g/mol. The molecule has 2 nitrogen and oxygen atoms in total. The quantitative estimate of drug-likeness (QED) is 0.507. The Kier molecular flexibility index (Phi) is 4.91. The average Bonchev–Trinajstić information content (AvgIpc) is 3.09. The highest BCUT2D eigenvalue weighted by molar-refractivity contribution is 6.03. The Hall–Kier alpha value is -2.35. The number of para-hydroxylation sites is 1. The van der Waals surface area contributed by atoms with Crippen LogP contribution >= 0.6 is 0 Å². The van der Waals surface area contributed by atoms with Gasteiger partial charge in [0.1, 0.15) is 0 Å². The summed E-state index contributed by atoms with van der Waals surface area (Å²) in [5, 5.41) is 1.32. The van der Waals surface area contributed by atoms with Crippen molar-refractivity contribution in [3.05, 3.63) is 58.3 Å². The summed E-state index contributed by atoms with van der Waals surface area (Å²) in [5.41, 5.74) is 11.9. The lowest BCUT2D eigenvalue weighted by molar-refractivity contribution is 0.572. The maximum Gasteiger partial charge on any atom is 0.0804 e. The van der Waals surface area contributed by atoms with E-state index < -0.39 is 0 Å². The molecular formula is C26H32N2. The van der Waals surface area contributed by atoms with Crippen LogP contribution in [0.15, 0.2) is 30.3 Å². The molecule has 0 spiro atoms. The van der Waals surface area contributed by atoms with E-state index in [-0.39, 0.29) is 0 Å². The number of anilines is 1. The van der Waals surface area contributed by atoms with Crippen molar-refractivity contribution in [2.24, 2.45) is 0 Å². The summed E-state index contributed by atoms with van der Waals surface area (Å²) in [7, 11) is 0. The molecule has 0 bridgehead atoms. The minimum Gasteiger partial charge on any atom is -0.367 e. The third kappa shape index (κ3) is 2.90. The molecule has 3 aromatic rings. The van der Waals surface area contributed by atoms with Crippen LogP contribution in [0.25, 0.3) is 22.0 Å². The van der Waals surface area contributed by atoms with Crippen LogP contribution in [0, 0.1) is 27.7 Å². The minimum atomic E-state index is 0.609. The lowest BCUT2D eigenvalue weighted by Gasteiger charge is -2.30. The van der Waals surface area contributed by atoms with Crippen molar-refractivity contribution < 1.29 is 0 Å². The van der Waals surface area contributed by atoms with Crippen molar-refractivity contribution in [3.8, 4) is 11.1 Å². The molecule has 4 rings (SSSR count). The van der Waals surface area contributed by atoms with Gasteiger partial charge in [-0.15, -0.1) is 0 Å². The summed E-state index contributed by atoms with van der Waals surface area (Å²) in [6.07, 6.45) is 3.50. The number of pyridine rings is 1. The Balaban J connectivity index is 2.02. The number of benzene rings is 2. The second-order valence-electron chi connectivity index (χ2n) is 8.41. The first-order valence-corrected chi connectivity index (χ1v) is 10.7. The predicted octanol–water partition coefficient (Wildman–Crippen LogP) is 6.69. The van der Waals surface area contributed by atoms with Crippen LogP contribution in [0.1, 0.15) is 54.6 Å². The number of fused-ring (bicyclic) bond motifs is 3. The Morgan fingerprint density at radius 2 is 1.68 bits per heavy atom. The van der Waals surface area contributed by atoms with Gasteiger partial charge in [0, 0.05) is 29.2 Å². The molecule has 1 aliphatic heterocycles. The third-order valence-corrected chi connectivity index (χ3v) is 6.51. The summed E-state index contributed by atoms with van der Waals surface area (Å²) >= 11 is 0. The molecule has 0 fully saturated rings. The predicted molar refractivity (Wildman–Crippen MR) is 122 cm³/mol. The van der Waals surface area contributed by atoms with Crippen LogP contribution in [0.2, 0.25) is 0 Å². The molecular weight excluding hydrogens is 340 g/mol. The van der Waals surface area contributed by atoms with Crippen LogP contribution in [-0.2, 0) is 6.42 Å². The van der Waals surface area contributed by atoms with E-state index in [2.05, 4.69) is 76.8 Å². The van der Waals surface area contributed by atoms with Gasteiger partial charge in [0.25, 0.3) is 0 Å². The molecule has 0 unspecified atom stereocenters. The number of aromatic nitrogens is 1. The van der Waals surface area contributed by atoms with E-state index in [1.54, 1.807) is 0 Å². The van der Waals surface area contributed by atoms with Crippen molar-refractivity contribution in [3.63, 3.8) is 0 Å². The van der Waals surface area contributed by atoms with Gasteiger partial charge in [0.2, 0.25) is 0 Å². The van der Waals surface area contributed by atoms with Gasteiger partial charge in [-0.05, 0) is 69.2 Å². The molecule has 0 atom stereocenters. The fourth-order valence-corrected chi connectivity index (χ4v) is 5.30. The minimum absolute atomic E-state index is 0.609. The smallest absolute Gasteiger partial charge is 0.0804 e. The Morgan fingerprint density at radius 1 is 1.00 bits per heavy atom. The topological polar surface area (TPSA) is 16.1 Å². The molecule has 2 heterocycles. The molecule has 28 heavy (non-hydrogen) atoms. The molecule has 0 amide bonds. The van der Waals surface area contributed by atoms with Gasteiger partial charge in [0.05, 0.1) is 11.2 Å². The Bertz CT molecular complexity index is 1020. The zero-order valence-corrected chi connectivity index (χ0v) is 18.2. The zero-order valence-electron chi connectivity index (χ0n) is 18.2. The first-order chi connectivity index (χ1) is 13.5. The summed E-state index contributed by atoms with van der Waals surface area (Å²) in [4.78, 5) is 7.80. The van der Waals surface area contributed by atoms with E-state index in [1.165, 1.54) is 63.0 Å². The summed E-state index contributed by atoms with van der Waals surface area (Å²) in [6, 6.07) is 11.9. The molecule has 2 heteroatoms. The van der Waals surface area contributed by atoms with Crippen molar-refractivity contribution in [1.82, 2.24) is 4.98 Å². The van der Waals surface area contributed by atoms with Gasteiger partial charge >= 0.3 is 0 Å². The molecule has 1 aliphatic rings. The number of nitrogens with zero attached hydrogens (tertiary/aromatic N) is 2. The standard InChI is InChI=1S/C26H32N2/c1-7-20(8-2)28-13-12-21-19(6)27-25-22(10-9-11-23(25)26(21)28)24-17(4)14-16(3)15-18(24)5/h9-11,14-15,20H,7-8,12-13H2,1-6H3. The van der Waals surface area contributed by atoms with Crippen molar-refractivity contribution in [1.29, 1.82) is 0 Å². The third-order valence-electron chi connectivity index (χ3n) is 6.51. The number of hydrogen-bond donors (Lipinski definition) is 0. The largest absolute Gasteiger partial charge is 0.367 e. The first-order valence-electron chi connectivity index (χ1n) is 10.7. The van der Waals surface area contributed by atoms with Gasteiger partial charge in [-0.25, -0.2) is 0 Å². The van der Waals surface area contributed by atoms with Gasteiger partial charge in [-0.1, -0.05) is 49.7 Å². The van der Waals surface area contributed by atoms with Gasteiger partial charge in [-0.3, -0.25) is 4.98 Å². The fourth-order valence-electron chi connectivity index (χ4n) is 5.30. The Morgan fingerprint density at radius 3 is 2.32 bits per heavy atom. The second kappa shape index (κ2) is 7.24. The van der Waals surface area contributed by atoms with Crippen LogP contribution < -0.4 is 4.90 Å². The second-order valence-corrected chi connectivity index (χ2v) is 8.41. The van der Waals surface area contributed by atoms with Gasteiger partial charge < -0.3 is 4.90 Å².